The van der Waals surface area contributed by atoms with Gasteiger partial charge in [0.05, 0.1) is 37.3 Å². The number of primary sulfonamides is 1. The fourth-order valence-corrected chi connectivity index (χ4v) is 4.83. The molecule has 2 aliphatic heterocycles. The van der Waals surface area contributed by atoms with E-state index in [0.717, 1.165) is 4.90 Å². The molecule has 11 nitrogen and oxygen atoms in total. The Labute approximate surface area is 209 Å². The number of ether oxygens (including phenoxy) is 2. The maximum Gasteiger partial charge on any atom is 0.257 e. The first-order valence-electron chi connectivity index (χ1n) is 11.4. The van der Waals surface area contributed by atoms with E-state index in [1.165, 1.54) is 36.3 Å². The van der Waals surface area contributed by atoms with Crippen molar-refractivity contribution in [3.63, 3.8) is 0 Å². The first kappa shape index (κ1) is 25.8. The van der Waals surface area contributed by atoms with E-state index in [-0.39, 0.29) is 29.5 Å². The number of nitrogens with two attached hydrogens (primary N) is 1. The number of carbonyl (C=O) groups is 3. The molecule has 0 aliphatic carbocycles. The van der Waals surface area contributed by atoms with Crippen LogP contribution in [0.2, 0.25) is 0 Å². The molecule has 2 saturated heterocycles. The van der Waals surface area contributed by atoms with Crippen molar-refractivity contribution in [3.8, 4) is 5.75 Å². The van der Waals surface area contributed by atoms with Crippen molar-refractivity contribution in [2.24, 2.45) is 5.14 Å². The molecule has 0 saturated carbocycles. The molecular formula is C24H28N4O7S. The van der Waals surface area contributed by atoms with Crippen LogP contribution in [0, 0.1) is 0 Å². The molecule has 12 heteroatoms. The quantitative estimate of drug-likeness (QED) is 0.499. The van der Waals surface area contributed by atoms with Crippen LogP contribution in [-0.4, -0.2) is 88.5 Å². The highest BCUT2D eigenvalue weighted by atomic mass is 32.2. The van der Waals surface area contributed by atoms with Crippen molar-refractivity contribution >= 4 is 33.4 Å². The second kappa shape index (κ2) is 10.7. The monoisotopic (exact) mass is 516 g/mol. The Bertz CT molecular complexity index is 1240. The molecule has 2 aromatic carbocycles. The van der Waals surface area contributed by atoms with E-state index in [1.807, 2.05) is 0 Å². The number of methoxy groups -OCH3 is 1. The van der Waals surface area contributed by atoms with Crippen LogP contribution in [0.15, 0.2) is 53.4 Å². The Morgan fingerprint density at radius 3 is 2.47 bits per heavy atom. The third-order valence-corrected chi connectivity index (χ3v) is 7.19. The molecule has 2 N–H and O–H groups in total. The van der Waals surface area contributed by atoms with E-state index < -0.39 is 27.9 Å². The highest BCUT2D eigenvalue weighted by molar-refractivity contribution is 7.89. The number of morpholine rings is 1. The van der Waals surface area contributed by atoms with Gasteiger partial charge in [0, 0.05) is 31.7 Å². The number of amides is 3. The first-order chi connectivity index (χ1) is 17.2. The Hall–Kier alpha value is -3.32. The minimum Gasteiger partial charge on any atom is -0.497 e. The van der Waals surface area contributed by atoms with Crippen molar-refractivity contribution < 1.29 is 32.3 Å². The number of nitrogens with zero attached hydrogens (tertiary/aromatic N) is 3. The van der Waals surface area contributed by atoms with Gasteiger partial charge in [-0.05, 0) is 42.5 Å². The lowest BCUT2D eigenvalue weighted by atomic mass is 10.1. The number of hydrogen-bond donors (Lipinski definition) is 1. The van der Waals surface area contributed by atoms with Gasteiger partial charge in [0.15, 0.2) is 0 Å². The van der Waals surface area contributed by atoms with Crippen LogP contribution in [0.3, 0.4) is 0 Å². The molecule has 2 aliphatic rings. The maximum atomic E-state index is 13.6. The van der Waals surface area contributed by atoms with Crippen LogP contribution in [0.5, 0.6) is 5.75 Å². The van der Waals surface area contributed by atoms with Gasteiger partial charge in [-0.15, -0.1) is 0 Å². The van der Waals surface area contributed by atoms with Crippen LogP contribution in [0.4, 0.5) is 5.69 Å². The Morgan fingerprint density at radius 1 is 1.14 bits per heavy atom. The number of benzene rings is 2. The lowest BCUT2D eigenvalue weighted by molar-refractivity contribution is -0.122. The zero-order valence-electron chi connectivity index (χ0n) is 19.8. The lowest BCUT2D eigenvalue weighted by Crippen LogP contribution is -2.49. The predicted octanol–water partition coefficient (Wildman–Crippen LogP) is 0.449. The SMILES string of the molecule is COc1cccc(C(=O)N(CCN2CCOCC2)C2CC(=O)N(c3ccc(S(N)(=O)=O)cc3)C2=O)c1. The molecule has 1 unspecified atom stereocenters. The van der Waals surface area contributed by atoms with E-state index >= 15 is 0 Å². The number of anilines is 1. The standard InChI is InChI=1S/C24H28N4O7S/c1-34-19-4-2-3-17(15-19)23(30)27(10-9-26-11-13-35-14-12-26)21-16-22(29)28(24(21)31)18-5-7-20(8-6-18)36(25,32)33/h2-8,15,21H,9-14,16H2,1H3,(H2,25,32,33). The summed E-state index contributed by atoms with van der Waals surface area (Å²) in [5, 5.41) is 5.14. The van der Waals surface area contributed by atoms with Gasteiger partial charge in [-0.25, -0.2) is 18.5 Å². The number of imide groups is 1. The third kappa shape index (κ3) is 5.57. The number of sulfonamides is 1. The van der Waals surface area contributed by atoms with E-state index in [1.54, 1.807) is 24.3 Å². The van der Waals surface area contributed by atoms with Crippen LogP contribution in [0.1, 0.15) is 16.8 Å². The summed E-state index contributed by atoms with van der Waals surface area (Å²) >= 11 is 0. The van der Waals surface area contributed by atoms with Gasteiger partial charge in [-0.2, -0.15) is 0 Å². The van der Waals surface area contributed by atoms with Crippen LogP contribution in [0.25, 0.3) is 0 Å². The summed E-state index contributed by atoms with van der Waals surface area (Å²) in [5.74, 6) is -0.927. The molecule has 0 aromatic heterocycles. The average molecular weight is 517 g/mol. The molecule has 1 atom stereocenters. The van der Waals surface area contributed by atoms with Crippen molar-refractivity contribution in [1.29, 1.82) is 0 Å². The second-order valence-electron chi connectivity index (χ2n) is 8.51. The van der Waals surface area contributed by atoms with Crippen molar-refractivity contribution in [2.75, 3.05) is 51.4 Å². The van der Waals surface area contributed by atoms with Gasteiger partial charge in [-0.1, -0.05) is 6.07 Å². The number of hydrogen-bond acceptors (Lipinski definition) is 8. The van der Waals surface area contributed by atoms with E-state index in [0.29, 0.717) is 44.2 Å². The smallest absolute Gasteiger partial charge is 0.257 e. The molecule has 0 bridgehead atoms. The maximum absolute atomic E-state index is 13.6. The van der Waals surface area contributed by atoms with Gasteiger partial charge in [0.1, 0.15) is 11.8 Å². The normalized spacial score (nSPS) is 18.9. The minimum absolute atomic E-state index is 0.137. The van der Waals surface area contributed by atoms with E-state index in [2.05, 4.69) is 4.90 Å². The summed E-state index contributed by atoms with van der Waals surface area (Å²) < 4.78 is 33.7. The van der Waals surface area contributed by atoms with Gasteiger partial charge >= 0.3 is 0 Å². The van der Waals surface area contributed by atoms with Gasteiger partial charge in [0.25, 0.3) is 11.8 Å². The zero-order valence-corrected chi connectivity index (χ0v) is 20.6. The molecule has 2 aromatic rings. The second-order valence-corrected chi connectivity index (χ2v) is 10.1. The van der Waals surface area contributed by atoms with Crippen LogP contribution < -0.4 is 14.8 Å². The van der Waals surface area contributed by atoms with Crippen molar-refractivity contribution in [1.82, 2.24) is 9.80 Å². The molecule has 4 rings (SSSR count). The van der Waals surface area contributed by atoms with Crippen LogP contribution >= 0.6 is 0 Å². The van der Waals surface area contributed by atoms with Gasteiger partial charge < -0.3 is 14.4 Å². The molecule has 0 radical (unpaired) electrons. The highest BCUT2D eigenvalue weighted by Crippen LogP contribution is 2.28. The fourth-order valence-electron chi connectivity index (χ4n) is 4.31. The molecule has 192 valence electrons. The molecule has 36 heavy (non-hydrogen) atoms. The lowest BCUT2D eigenvalue weighted by Gasteiger charge is -2.32. The average Bonchev–Trinajstić information content (AvgIpc) is 3.17. The van der Waals surface area contributed by atoms with Crippen LogP contribution in [-0.2, 0) is 24.3 Å². The summed E-state index contributed by atoms with van der Waals surface area (Å²) in [4.78, 5) is 44.4. The number of rotatable bonds is 8. The molecule has 0 spiro atoms. The summed E-state index contributed by atoms with van der Waals surface area (Å²) in [6.07, 6.45) is -0.186. The zero-order chi connectivity index (χ0) is 25.9. The Morgan fingerprint density at radius 2 is 1.83 bits per heavy atom. The molecule has 2 heterocycles. The topological polar surface area (TPSA) is 140 Å². The Kier molecular flexibility index (Phi) is 7.69. The fraction of sp³-hybridized carbons (Fsp3) is 0.375. The van der Waals surface area contributed by atoms with Gasteiger partial charge in [0.2, 0.25) is 15.9 Å². The van der Waals surface area contributed by atoms with Crippen molar-refractivity contribution in [3.05, 3.63) is 54.1 Å². The number of carbonyl (C=O) groups excluding carboxylic acids is 3. The summed E-state index contributed by atoms with van der Waals surface area (Å²) in [6.45, 7) is 3.35. The predicted molar refractivity (Wildman–Crippen MR) is 130 cm³/mol. The molecular weight excluding hydrogens is 488 g/mol. The van der Waals surface area contributed by atoms with Gasteiger partial charge in [-0.3, -0.25) is 19.3 Å². The molecule has 2 fully saturated rings. The van der Waals surface area contributed by atoms with Crippen molar-refractivity contribution in [2.45, 2.75) is 17.4 Å². The molecule has 3 amide bonds. The minimum atomic E-state index is -3.93. The van der Waals surface area contributed by atoms with E-state index in [9.17, 15) is 22.8 Å². The first-order valence-corrected chi connectivity index (χ1v) is 13.0. The largest absolute Gasteiger partial charge is 0.497 e. The third-order valence-electron chi connectivity index (χ3n) is 6.26. The Balaban J connectivity index is 1.60. The highest BCUT2D eigenvalue weighted by Gasteiger charge is 2.44. The van der Waals surface area contributed by atoms with E-state index in [4.69, 9.17) is 14.6 Å². The summed E-state index contributed by atoms with van der Waals surface area (Å²) in [5.41, 5.74) is 0.550. The summed E-state index contributed by atoms with van der Waals surface area (Å²) in [6, 6.07) is 10.8. The summed E-state index contributed by atoms with van der Waals surface area (Å²) in [7, 11) is -2.43.